The van der Waals surface area contributed by atoms with Gasteiger partial charge in [-0.2, -0.15) is 5.26 Å². The molecular formula is C33H32N6O5. The zero-order valence-electron chi connectivity index (χ0n) is 24.5. The molecule has 1 fully saturated rings. The van der Waals surface area contributed by atoms with Crippen LogP contribution in [0.3, 0.4) is 0 Å². The predicted molar refractivity (Wildman–Crippen MR) is 168 cm³/mol. The minimum atomic E-state index is -0.184. The summed E-state index contributed by atoms with van der Waals surface area (Å²) in [6.07, 6.45) is 3.47. The Morgan fingerprint density at radius 2 is 1.77 bits per heavy atom. The van der Waals surface area contributed by atoms with Gasteiger partial charge in [-0.15, -0.1) is 0 Å². The van der Waals surface area contributed by atoms with Gasteiger partial charge in [0.2, 0.25) is 0 Å². The van der Waals surface area contributed by atoms with Gasteiger partial charge in [0.05, 0.1) is 30.5 Å². The molecule has 5 aromatic rings. The lowest BCUT2D eigenvalue weighted by Gasteiger charge is -2.36. The Morgan fingerprint density at radius 1 is 0.977 bits per heavy atom. The van der Waals surface area contributed by atoms with E-state index in [1.807, 2.05) is 66.9 Å². The molecular weight excluding hydrogens is 560 g/mol. The van der Waals surface area contributed by atoms with Crippen LogP contribution in [0.4, 0.5) is 16.2 Å². The van der Waals surface area contributed by atoms with Crippen molar-refractivity contribution in [2.24, 2.45) is 0 Å². The Morgan fingerprint density at radius 3 is 2.52 bits per heavy atom. The SMILES string of the molecule is COCCOc1cc2ncc(C#N)c(N3CCN(C(=O)Nc4ccc(Oc5ccc6[nH]ccc6c5)cc4)CC3)c2cc1OC. The number of methoxy groups -OCH3 is 2. The number of nitriles is 1. The van der Waals surface area contributed by atoms with Crippen molar-refractivity contribution >= 4 is 39.2 Å². The number of nitrogens with zero attached hydrogens (tertiary/aromatic N) is 4. The third kappa shape index (κ3) is 6.02. The lowest BCUT2D eigenvalue weighted by Crippen LogP contribution is -2.50. The lowest BCUT2D eigenvalue weighted by atomic mass is 10.1. The number of fused-ring (bicyclic) bond motifs is 2. The molecule has 2 aromatic heterocycles. The fourth-order valence-electron chi connectivity index (χ4n) is 5.29. The topological polar surface area (TPSA) is 125 Å². The van der Waals surface area contributed by atoms with Crippen LogP contribution in [-0.4, -0.2) is 74.5 Å². The molecule has 0 aliphatic carbocycles. The second-order valence-corrected chi connectivity index (χ2v) is 10.3. The number of pyridine rings is 1. The first-order chi connectivity index (χ1) is 21.6. The predicted octanol–water partition coefficient (Wildman–Crippen LogP) is 5.77. The van der Waals surface area contributed by atoms with Gasteiger partial charge in [-0.3, -0.25) is 4.98 Å². The van der Waals surface area contributed by atoms with Crippen LogP contribution in [0.5, 0.6) is 23.0 Å². The fourth-order valence-corrected chi connectivity index (χ4v) is 5.29. The molecule has 0 unspecified atom stereocenters. The number of amides is 2. The van der Waals surface area contributed by atoms with Gasteiger partial charge < -0.3 is 39.0 Å². The van der Waals surface area contributed by atoms with Crippen LogP contribution in [0, 0.1) is 11.3 Å². The van der Waals surface area contributed by atoms with Crippen molar-refractivity contribution in [3.8, 4) is 29.1 Å². The highest BCUT2D eigenvalue weighted by Gasteiger charge is 2.25. The van der Waals surface area contributed by atoms with Gasteiger partial charge in [0.1, 0.15) is 24.2 Å². The number of hydrogen-bond donors (Lipinski definition) is 2. The van der Waals surface area contributed by atoms with E-state index in [2.05, 4.69) is 26.3 Å². The molecule has 1 saturated heterocycles. The molecule has 11 nitrogen and oxygen atoms in total. The highest BCUT2D eigenvalue weighted by molar-refractivity contribution is 5.97. The largest absolute Gasteiger partial charge is 0.493 e. The van der Waals surface area contributed by atoms with E-state index in [-0.39, 0.29) is 6.03 Å². The van der Waals surface area contributed by atoms with Crippen LogP contribution in [0.25, 0.3) is 21.8 Å². The maximum atomic E-state index is 13.1. The number of rotatable bonds is 9. The maximum Gasteiger partial charge on any atom is 0.321 e. The van der Waals surface area contributed by atoms with Gasteiger partial charge in [0.15, 0.2) is 11.5 Å². The van der Waals surface area contributed by atoms with Crippen LogP contribution in [-0.2, 0) is 4.74 Å². The minimum absolute atomic E-state index is 0.184. The fraction of sp³-hybridized carbons (Fsp3) is 0.242. The summed E-state index contributed by atoms with van der Waals surface area (Å²) in [6, 6.07) is 20.9. The van der Waals surface area contributed by atoms with Crippen LogP contribution in [0.2, 0.25) is 0 Å². The molecule has 0 bridgehead atoms. The van der Waals surface area contributed by atoms with Crippen LogP contribution < -0.4 is 24.4 Å². The van der Waals surface area contributed by atoms with Gasteiger partial charge in [0, 0.05) is 73.7 Å². The molecule has 0 radical (unpaired) electrons. The number of hydrogen-bond acceptors (Lipinski definition) is 8. The summed E-state index contributed by atoms with van der Waals surface area (Å²) < 4.78 is 22.5. The number of piperazine rings is 1. The first kappa shape index (κ1) is 28.6. The zero-order chi connectivity index (χ0) is 30.5. The van der Waals surface area contributed by atoms with E-state index in [1.54, 1.807) is 25.3 Å². The number of nitrogens with one attached hydrogen (secondary N) is 2. The van der Waals surface area contributed by atoms with Gasteiger partial charge in [0.25, 0.3) is 0 Å². The van der Waals surface area contributed by atoms with E-state index >= 15 is 0 Å². The molecule has 6 rings (SSSR count). The number of benzene rings is 3. The molecule has 11 heteroatoms. The first-order valence-corrected chi connectivity index (χ1v) is 14.2. The number of urea groups is 1. The van der Waals surface area contributed by atoms with Crippen molar-refractivity contribution in [1.82, 2.24) is 14.9 Å². The Balaban J connectivity index is 1.10. The van der Waals surface area contributed by atoms with Gasteiger partial charge in [-0.25, -0.2) is 4.79 Å². The Kier molecular flexibility index (Phi) is 8.34. The number of H-pyrrole nitrogens is 1. The van der Waals surface area contributed by atoms with Gasteiger partial charge >= 0.3 is 6.03 Å². The molecule has 1 aliphatic heterocycles. The van der Waals surface area contributed by atoms with Crippen molar-refractivity contribution in [3.63, 3.8) is 0 Å². The van der Waals surface area contributed by atoms with Crippen molar-refractivity contribution < 1.29 is 23.7 Å². The molecule has 2 amide bonds. The summed E-state index contributed by atoms with van der Waals surface area (Å²) in [5, 5.41) is 14.7. The van der Waals surface area contributed by atoms with Crippen molar-refractivity contribution in [2.75, 3.05) is 63.8 Å². The third-order valence-corrected chi connectivity index (χ3v) is 7.54. The summed E-state index contributed by atoms with van der Waals surface area (Å²) in [5.41, 5.74) is 3.64. The van der Waals surface area contributed by atoms with Crippen molar-refractivity contribution in [2.45, 2.75) is 0 Å². The molecule has 3 heterocycles. The molecule has 44 heavy (non-hydrogen) atoms. The van der Waals surface area contributed by atoms with Crippen molar-refractivity contribution in [1.29, 1.82) is 5.26 Å². The highest BCUT2D eigenvalue weighted by Crippen LogP contribution is 2.38. The summed E-state index contributed by atoms with van der Waals surface area (Å²) in [6.45, 7) is 2.88. The van der Waals surface area contributed by atoms with Crippen LogP contribution in [0.15, 0.2) is 73.1 Å². The Bertz CT molecular complexity index is 1820. The van der Waals surface area contributed by atoms with Crippen LogP contribution in [0.1, 0.15) is 5.56 Å². The highest BCUT2D eigenvalue weighted by atomic mass is 16.5. The van der Waals surface area contributed by atoms with E-state index in [1.165, 1.54) is 0 Å². The van der Waals surface area contributed by atoms with Crippen LogP contribution >= 0.6 is 0 Å². The zero-order valence-corrected chi connectivity index (χ0v) is 24.5. The van der Waals surface area contributed by atoms with E-state index in [9.17, 15) is 10.1 Å². The van der Waals surface area contributed by atoms with E-state index in [0.29, 0.717) is 73.4 Å². The Hall–Kier alpha value is -5.47. The average Bonchev–Trinajstić information content (AvgIpc) is 3.53. The normalized spacial score (nSPS) is 13.1. The van der Waals surface area contributed by atoms with E-state index in [4.69, 9.17) is 18.9 Å². The van der Waals surface area contributed by atoms with Gasteiger partial charge in [-0.05, 0) is 54.6 Å². The third-order valence-electron chi connectivity index (χ3n) is 7.54. The molecule has 0 atom stereocenters. The standard InChI is InChI=1S/C33H32N6O5/c1-41-15-16-43-31-19-29-27(18-30(31)42-2)32(23(20-34)21-36-29)38-11-13-39(14-12-38)33(40)37-24-3-5-25(6-4-24)44-26-7-8-28-22(17-26)9-10-35-28/h3-10,17-19,21,35H,11-16H2,1-2H3,(H,37,40). The number of anilines is 2. The second kappa shape index (κ2) is 12.8. The molecule has 224 valence electrons. The number of ether oxygens (including phenoxy) is 4. The smallest absolute Gasteiger partial charge is 0.321 e. The summed E-state index contributed by atoms with van der Waals surface area (Å²) in [4.78, 5) is 24.7. The number of carbonyl (C=O) groups is 1. The molecule has 3 aromatic carbocycles. The van der Waals surface area contributed by atoms with Crippen molar-refractivity contribution in [3.05, 3.63) is 78.6 Å². The minimum Gasteiger partial charge on any atom is -0.493 e. The number of aromatic nitrogens is 2. The number of carbonyl (C=O) groups excluding carboxylic acids is 1. The monoisotopic (exact) mass is 592 g/mol. The second-order valence-electron chi connectivity index (χ2n) is 10.3. The maximum absolute atomic E-state index is 13.1. The van der Waals surface area contributed by atoms with Gasteiger partial charge in [-0.1, -0.05) is 0 Å². The summed E-state index contributed by atoms with van der Waals surface area (Å²) >= 11 is 0. The first-order valence-electron chi connectivity index (χ1n) is 14.2. The molecule has 2 N–H and O–H groups in total. The Labute approximate surface area is 254 Å². The molecule has 0 saturated carbocycles. The molecule has 1 aliphatic rings. The quantitative estimate of drug-likeness (QED) is 0.207. The lowest BCUT2D eigenvalue weighted by molar-refractivity contribution is 0.144. The average molecular weight is 593 g/mol. The van der Waals surface area contributed by atoms with E-state index < -0.39 is 0 Å². The summed E-state index contributed by atoms with van der Waals surface area (Å²) in [5.74, 6) is 2.51. The van der Waals surface area contributed by atoms with E-state index in [0.717, 1.165) is 27.7 Å². The summed E-state index contributed by atoms with van der Waals surface area (Å²) in [7, 11) is 3.19. The number of aromatic amines is 1. The molecule has 0 spiro atoms.